The summed E-state index contributed by atoms with van der Waals surface area (Å²) < 4.78 is 0. The monoisotopic (exact) mass is 189 g/mol. The molecule has 1 aromatic rings. The summed E-state index contributed by atoms with van der Waals surface area (Å²) in [6.07, 6.45) is 2.31. The molecule has 0 atom stereocenters. The van der Waals surface area contributed by atoms with E-state index in [1.54, 1.807) is 0 Å². The van der Waals surface area contributed by atoms with Gasteiger partial charge in [-0.1, -0.05) is 45.9 Å². The maximum atomic E-state index is 3.37. The van der Waals surface area contributed by atoms with Crippen LogP contribution < -0.4 is 0 Å². The highest BCUT2D eigenvalue weighted by atomic mass is 14.1. The fourth-order valence-corrected chi connectivity index (χ4v) is 1.65. The van der Waals surface area contributed by atoms with Crippen LogP contribution in [0, 0.1) is 17.9 Å². The molecule has 0 N–H and O–H groups in total. The van der Waals surface area contributed by atoms with E-state index >= 15 is 0 Å². The van der Waals surface area contributed by atoms with E-state index in [4.69, 9.17) is 0 Å². The Kier molecular flexibility index (Phi) is 4.19. The predicted molar refractivity (Wildman–Crippen MR) is 62.4 cm³/mol. The van der Waals surface area contributed by atoms with Crippen LogP contribution in [-0.4, -0.2) is 0 Å². The molecule has 0 heterocycles. The third-order valence-electron chi connectivity index (χ3n) is 2.21. The SMILES string of the molecule is CC(C)Cc1[c]cc(CC(C)C)cc1. The van der Waals surface area contributed by atoms with Crippen LogP contribution in [0.15, 0.2) is 18.2 Å². The van der Waals surface area contributed by atoms with Crippen molar-refractivity contribution >= 4 is 0 Å². The van der Waals surface area contributed by atoms with Gasteiger partial charge in [-0.05, 0) is 41.9 Å². The normalized spacial score (nSPS) is 11.3. The van der Waals surface area contributed by atoms with Crippen molar-refractivity contribution in [1.82, 2.24) is 0 Å². The summed E-state index contributed by atoms with van der Waals surface area (Å²) in [6, 6.07) is 9.99. The van der Waals surface area contributed by atoms with Gasteiger partial charge in [-0.25, -0.2) is 0 Å². The molecule has 0 bridgehead atoms. The standard InChI is InChI=1S/C14H21/c1-11(2)9-13-5-7-14(8-6-13)10-12(3)4/h5-7,11-12H,9-10H2,1-4H3. The lowest BCUT2D eigenvalue weighted by Gasteiger charge is -2.07. The van der Waals surface area contributed by atoms with Crippen LogP contribution >= 0.6 is 0 Å². The molecule has 77 valence electrons. The average Bonchev–Trinajstić information content (AvgIpc) is 2.06. The summed E-state index contributed by atoms with van der Waals surface area (Å²) in [7, 11) is 0. The molecular formula is C14H21. The quantitative estimate of drug-likeness (QED) is 0.674. The molecule has 0 aliphatic rings. The Morgan fingerprint density at radius 1 is 1.00 bits per heavy atom. The van der Waals surface area contributed by atoms with Crippen LogP contribution in [0.5, 0.6) is 0 Å². The van der Waals surface area contributed by atoms with E-state index in [-0.39, 0.29) is 0 Å². The third kappa shape index (κ3) is 3.95. The van der Waals surface area contributed by atoms with E-state index in [0.717, 1.165) is 18.3 Å². The first-order chi connectivity index (χ1) is 6.58. The zero-order valence-corrected chi connectivity index (χ0v) is 9.80. The smallest absolute Gasteiger partial charge is 0.0146 e. The summed E-state index contributed by atoms with van der Waals surface area (Å²) in [5, 5.41) is 0. The molecule has 0 aliphatic heterocycles. The van der Waals surface area contributed by atoms with E-state index in [9.17, 15) is 0 Å². The van der Waals surface area contributed by atoms with Crippen molar-refractivity contribution in [3.63, 3.8) is 0 Å². The van der Waals surface area contributed by atoms with Crippen LogP contribution in [0.4, 0.5) is 0 Å². The fraction of sp³-hybridized carbons (Fsp3) is 0.571. The molecule has 0 amide bonds. The Morgan fingerprint density at radius 3 is 2.07 bits per heavy atom. The summed E-state index contributed by atoms with van der Waals surface area (Å²) in [4.78, 5) is 0. The minimum atomic E-state index is 0.724. The maximum Gasteiger partial charge on any atom is -0.0146 e. The van der Waals surface area contributed by atoms with E-state index in [2.05, 4.69) is 52.0 Å². The zero-order valence-electron chi connectivity index (χ0n) is 9.80. The van der Waals surface area contributed by atoms with E-state index in [1.807, 2.05) is 0 Å². The third-order valence-corrected chi connectivity index (χ3v) is 2.21. The molecule has 14 heavy (non-hydrogen) atoms. The highest BCUT2D eigenvalue weighted by molar-refractivity contribution is 5.21. The van der Waals surface area contributed by atoms with Crippen LogP contribution in [0.3, 0.4) is 0 Å². The maximum absolute atomic E-state index is 3.37. The molecule has 0 saturated heterocycles. The minimum absolute atomic E-state index is 0.724. The first-order valence-corrected chi connectivity index (χ1v) is 5.57. The lowest BCUT2D eigenvalue weighted by molar-refractivity contribution is 0.640. The Labute approximate surface area is 88.4 Å². The Bertz CT molecular complexity index is 225. The molecule has 1 aromatic carbocycles. The molecule has 0 unspecified atom stereocenters. The van der Waals surface area contributed by atoms with Gasteiger partial charge in [-0.3, -0.25) is 0 Å². The van der Waals surface area contributed by atoms with Crippen LogP contribution in [0.2, 0.25) is 0 Å². The average molecular weight is 189 g/mol. The summed E-state index contributed by atoms with van der Waals surface area (Å²) in [6.45, 7) is 9.00. The van der Waals surface area contributed by atoms with Crippen molar-refractivity contribution in [1.29, 1.82) is 0 Å². The van der Waals surface area contributed by atoms with Crippen molar-refractivity contribution < 1.29 is 0 Å². The summed E-state index contributed by atoms with van der Waals surface area (Å²) in [5.41, 5.74) is 2.75. The van der Waals surface area contributed by atoms with Gasteiger partial charge in [0.1, 0.15) is 0 Å². The second kappa shape index (κ2) is 5.19. The zero-order chi connectivity index (χ0) is 10.6. The number of benzene rings is 1. The number of hydrogen-bond donors (Lipinski definition) is 0. The van der Waals surface area contributed by atoms with Gasteiger partial charge in [0.15, 0.2) is 0 Å². The Hall–Kier alpha value is -0.780. The molecule has 0 aliphatic carbocycles. The van der Waals surface area contributed by atoms with Gasteiger partial charge in [-0.15, -0.1) is 0 Å². The lowest BCUT2D eigenvalue weighted by atomic mass is 9.98. The molecule has 0 heteroatoms. The van der Waals surface area contributed by atoms with Crippen molar-refractivity contribution in [2.45, 2.75) is 40.5 Å². The molecular weight excluding hydrogens is 168 g/mol. The van der Waals surface area contributed by atoms with Crippen LogP contribution in [-0.2, 0) is 12.8 Å². The highest BCUT2D eigenvalue weighted by Crippen LogP contribution is 2.11. The molecule has 0 aromatic heterocycles. The predicted octanol–water partition coefficient (Wildman–Crippen LogP) is 3.88. The number of rotatable bonds is 4. The van der Waals surface area contributed by atoms with Gasteiger partial charge < -0.3 is 0 Å². The first kappa shape index (κ1) is 11.3. The van der Waals surface area contributed by atoms with Crippen molar-refractivity contribution in [3.05, 3.63) is 35.4 Å². The van der Waals surface area contributed by atoms with Gasteiger partial charge in [0.05, 0.1) is 0 Å². The van der Waals surface area contributed by atoms with Gasteiger partial charge >= 0.3 is 0 Å². The summed E-state index contributed by atoms with van der Waals surface area (Å²) >= 11 is 0. The van der Waals surface area contributed by atoms with Crippen LogP contribution in [0.1, 0.15) is 38.8 Å². The molecule has 0 spiro atoms. The number of hydrogen-bond acceptors (Lipinski definition) is 0. The Morgan fingerprint density at radius 2 is 1.64 bits per heavy atom. The van der Waals surface area contributed by atoms with Crippen molar-refractivity contribution in [2.75, 3.05) is 0 Å². The Balaban J connectivity index is 2.59. The van der Waals surface area contributed by atoms with E-state index < -0.39 is 0 Å². The van der Waals surface area contributed by atoms with E-state index in [1.165, 1.54) is 17.5 Å². The highest BCUT2D eigenvalue weighted by Gasteiger charge is 2.00. The summed E-state index contributed by atoms with van der Waals surface area (Å²) in [5.74, 6) is 1.46. The lowest BCUT2D eigenvalue weighted by Crippen LogP contribution is -1.97. The molecule has 0 fully saturated rings. The van der Waals surface area contributed by atoms with E-state index in [0.29, 0.717) is 0 Å². The van der Waals surface area contributed by atoms with Gasteiger partial charge in [0.25, 0.3) is 0 Å². The second-order valence-corrected chi connectivity index (χ2v) is 4.92. The largest absolute Gasteiger partial charge is 0.0625 e. The minimum Gasteiger partial charge on any atom is -0.0625 e. The van der Waals surface area contributed by atoms with Gasteiger partial charge in [0, 0.05) is 0 Å². The fourth-order valence-electron chi connectivity index (χ4n) is 1.65. The molecule has 0 saturated carbocycles. The van der Waals surface area contributed by atoms with Gasteiger partial charge in [-0.2, -0.15) is 0 Å². The van der Waals surface area contributed by atoms with Crippen molar-refractivity contribution in [2.24, 2.45) is 11.8 Å². The van der Waals surface area contributed by atoms with Gasteiger partial charge in [0.2, 0.25) is 0 Å². The first-order valence-electron chi connectivity index (χ1n) is 5.57. The second-order valence-electron chi connectivity index (χ2n) is 4.92. The topological polar surface area (TPSA) is 0 Å². The van der Waals surface area contributed by atoms with Crippen molar-refractivity contribution in [3.8, 4) is 0 Å². The molecule has 1 radical (unpaired) electrons. The molecule has 0 nitrogen and oxygen atoms in total. The molecule has 1 rings (SSSR count). The van der Waals surface area contributed by atoms with Crippen LogP contribution in [0.25, 0.3) is 0 Å².